The Balaban J connectivity index is 3.10. The average Bonchev–Trinajstić information content (AvgIpc) is 2.29. The van der Waals surface area contributed by atoms with E-state index < -0.39 is 5.97 Å². The maximum absolute atomic E-state index is 10.7. The van der Waals surface area contributed by atoms with Gasteiger partial charge in [0.1, 0.15) is 5.70 Å². The topological polar surface area (TPSA) is 86.1 Å². The van der Waals surface area contributed by atoms with Crippen molar-refractivity contribution in [1.82, 2.24) is 0 Å². The van der Waals surface area contributed by atoms with E-state index in [1.165, 1.54) is 6.08 Å². The highest BCUT2D eigenvalue weighted by Crippen LogP contribution is 2.11. The van der Waals surface area contributed by atoms with Crippen LogP contribution in [0, 0.1) is 0 Å². The first-order chi connectivity index (χ1) is 8.17. The molecule has 6 heteroatoms. The van der Waals surface area contributed by atoms with Crippen molar-refractivity contribution in [3.05, 3.63) is 51.5 Å². The molecule has 0 heterocycles. The first kappa shape index (κ1) is 12.9. The van der Waals surface area contributed by atoms with E-state index in [4.69, 9.17) is 22.9 Å². The molecule has 0 saturated carbocycles. The van der Waals surface area contributed by atoms with Gasteiger partial charge in [-0.05, 0) is 28.1 Å². The van der Waals surface area contributed by atoms with E-state index >= 15 is 0 Å². The van der Waals surface area contributed by atoms with Crippen LogP contribution in [-0.2, 0) is 11.2 Å². The summed E-state index contributed by atoms with van der Waals surface area (Å²) in [5, 5.41) is 13.5. The molecule has 0 spiro atoms. The molecular formula is C11H9N3O2S. The van der Waals surface area contributed by atoms with Gasteiger partial charge in [0, 0.05) is 11.3 Å². The SMILES string of the molecule is [N-]=[N+]=NC(=Cc1cccc(CC=S)c1)C(=O)O. The van der Waals surface area contributed by atoms with Gasteiger partial charge in [0.05, 0.1) is 0 Å². The minimum atomic E-state index is -1.26. The maximum atomic E-state index is 10.7. The van der Waals surface area contributed by atoms with E-state index in [9.17, 15) is 4.79 Å². The van der Waals surface area contributed by atoms with Gasteiger partial charge >= 0.3 is 5.97 Å². The lowest BCUT2D eigenvalue weighted by molar-refractivity contribution is -0.132. The molecule has 0 fully saturated rings. The third kappa shape index (κ3) is 4.06. The molecule has 1 aromatic carbocycles. The predicted molar refractivity (Wildman–Crippen MR) is 68.6 cm³/mol. The summed E-state index contributed by atoms with van der Waals surface area (Å²) in [6, 6.07) is 7.19. The van der Waals surface area contributed by atoms with Crippen LogP contribution in [0.4, 0.5) is 0 Å². The first-order valence-electron chi connectivity index (χ1n) is 4.70. The molecule has 0 aliphatic heterocycles. The standard InChI is InChI=1S/C11H9N3O2S/c12-14-13-10(11(15)16)7-9-3-1-2-8(6-9)4-5-17/h1-3,5-7H,4H2,(H,15,16). The summed E-state index contributed by atoms with van der Waals surface area (Å²) >= 11 is 4.75. The molecule has 0 radical (unpaired) electrons. The van der Waals surface area contributed by atoms with Gasteiger partial charge in [-0.25, -0.2) is 4.79 Å². The summed E-state index contributed by atoms with van der Waals surface area (Å²) < 4.78 is 0. The summed E-state index contributed by atoms with van der Waals surface area (Å²) in [6.07, 6.45) is 1.94. The number of carboxylic acids is 1. The number of aliphatic carboxylic acids is 1. The smallest absolute Gasteiger partial charge is 0.338 e. The van der Waals surface area contributed by atoms with Crippen LogP contribution in [0.3, 0.4) is 0 Å². The van der Waals surface area contributed by atoms with Gasteiger partial charge in [-0.3, -0.25) is 0 Å². The fourth-order valence-electron chi connectivity index (χ4n) is 1.25. The van der Waals surface area contributed by atoms with E-state index in [1.807, 2.05) is 6.07 Å². The monoisotopic (exact) mass is 247 g/mol. The lowest BCUT2D eigenvalue weighted by Gasteiger charge is -1.99. The second-order valence-corrected chi connectivity index (χ2v) is 3.47. The Morgan fingerprint density at radius 3 is 2.94 bits per heavy atom. The predicted octanol–water partition coefficient (Wildman–Crippen LogP) is 2.96. The Kier molecular flexibility index (Phi) is 4.87. The van der Waals surface area contributed by atoms with E-state index in [0.717, 1.165) is 5.56 Å². The van der Waals surface area contributed by atoms with Crippen LogP contribution in [0.5, 0.6) is 0 Å². The van der Waals surface area contributed by atoms with Gasteiger partial charge in [-0.15, -0.1) is 0 Å². The second-order valence-electron chi connectivity index (χ2n) is 3.14. The lowest BCUT2D eigenvalue weighted by Crippen LogP contribution is -1.96. The molecule has 1 rings (SSSR count). The van der Waals surface area contributed by atoms with Crippen molar-refractivity contribution in [2.45, 2.75) is 6.42 Å². The number of nitrogens with zero attached hydrogens (tertiary/aromatic N) is 3. The van der Waals surface area contributed by atoms with Crippen LogP contribution in [-0.4, -0.2) is 16.4 Å². The van der Waals surface area contributed by atoms with Crippen LogP contribution in [0.25, 0.3) is 16.5 Å². The summed E-state index contributed by atoms with van der Waals surface area (Å²) in [5.41, 5.74) is 9.53. The minimum absolute atomic E-state index is 0.341. The Morgan fingerprint density at radius 2 is 2.35 bits per heavy atom. The molecule has 0 aliphatic carbocycles. The number of hydrogen-bond donors (Lipinski definition) is 1. The number of azide groups is 1. The Morgan fingerprint density at radius 1 is 1.59 bits per heavy atom. The Labute approximate surface area is 103 Å². The normalized spacial score (nSPS) is 10.5. The van der Waals surface area contributed by atoms with E-state index in [0.29, 0.717) is 12.0 Å². The van der Waals surface area contributed by atoms with Crippen LogP contribution < -0.4 is 0 Å². The Bertz CT molecular complexity index is 515. The van der Waals surface area contributed by atoms with Crippen molar-refractivity contribution in [3.8, 4) is 0 Å². The third-order valence-electron chi connectivity index (χ3n) is 1.95. The first-order valence-corrected chi connectivity index (χ1v) is 5.17. The second kappa shape index (κ2) is 6.42. The molecule has 0 atom stereocenters. The number of benzene rings is 1. The molecule has 0 aliphatic rings. The number of thiocarbonyl (C=S) groups is 1. The highest BCUT2D eigenvalue weighted by molar-refractivity contribution is 7.78. The van der Waals surface area contributed by atoms with E-state index in [2.05, 4.69) is 10.0 Å². The van der Waals surface area contributed by atoms with Gasteiger partial charge in [0.15, 0.2) is 0 Å². The zero-order chi connectivity index (χ0) is 12.7. The summed E-state index contributed by atoms with van der Waals surface area (Å²) in [4.78, 5) is 13.2. The fourth-order valence-corrected chi connectivity index (χ4v) is 1.44. The number of carbonyl (C=O) groups is 1. The number of carboxylic acid groups (broad SMARTS) is 1. The molecule has 1 N–H and O–H groups in total. The van der Waals surface area contributed by atoms with Gasteiger partial charge in [0.2, 0.25) is 0 Å². The molecule has 0 aromatic heterocycles. The molecule has 86 valence electrons. The lowest BCUT2D eigenvalue weighted by atomic mass is 10.1. The summed E-state index contributed by atoms with van der Waals surface area (Å²) in [6.45, 7) is 0. The van der Waals surface area contributed by atoms with Gasteiger partial charge in [0.25, 0.3) is 0 Å². The van der Waals surface area contributed by atoms with Crippen LogP contribution in [0.15, 0.2) is 35.1 Å². The van der Waals surface area contributed by atoms with Crippen molar-refractivity contribution in [3.63, 3.8) is 0 Å². The minimum Gasteiger partial charge on any atom is -0.478 e. The molecular weight excluding hydrogens is 238 g/mol. The fraction of sp³-hybridized carbons (Fsp3) is 0.0909. The highest BCUT2D eigenvalue weighted by atomic mass is 32.1. The average molecular weight is 247 g/mol. The maximum Gasteiger partial charge on any atom is 0.338 e. The molecule has 1 aromatic rings. The van der Waals surface area contributed by atoms with Gasteiger partial charge in [-0.1, -0.05) is 41.6 Å². The van der Waals surface area contributed by atoms with Crippen LogP contribution >= 0.6 is 12.2 Å². The molecule has 17 heavy (non-hydrogen) atoms. The molecule has 0 unspecified atom stereocenters. The zero-order valence-corrected chi connectivity index (χ0v) is 9.59. The van der Waals surface area contributed by atoms with E-state index in [-0.39, 0.29) is 5.70 Å². The van der Waals surface area contributed by atoms with E-state index in [1.54, 1.807) is 23.6 Å². The van der Waals surface area contributed by atoms with Crippen molar-refractivity contribution in [1.29, 1.82) is 0 Å². The van der Waals surface area contributed by atoms with Gasteiger partial charge < -0.3 is 5.11 Å². The molecule has 0 bridgehead atoms. The molecule has 0 amide bonds. The third-order valence-corrected chi connectivity index (χ3v) is 2.11. The highest BCUT2D eigenvalue weighted by Gasteiger charge is 2.04. The Hall–Kier alpha value is -2.17. The largest absolute Gasteiger partial charge is 0.478 e. The van der Waals surface area contributed by atoms with Crippen molar-refractivity contribution in [2.24, 2.45) is 5.11 Å². The van der Waals surface area contributed by atoms with Crippen molar-refractivity contribution >= 4 is 29.6 Å². The number of rotatable bonds is 5. The zero-order valence-electron chi connectivity index (χ0n) is 8.78. The van der Waals surface area contributed by atoms with Crippen molar-refractivity contribution in [2.75, 3.05) is 0 Å². The molecule has 5 nitrogen and oxygen atoms in total. The quantitative estimate of drug-likeness (QED) is 0.285. The van der Waals surface area contributed by atoms with Crippen molar-refractivity contribution < 1.29 is 9.90 Å². The van der Waals surface area contributed by atoms with Crippen LogP contribution in [0.2, 0.25) is 0 Å². The van der Waals surface area contributed by atoms with Crippen LogP contribution in [0.1, 0.15) is 11.1 Å². The summed E-state index contributed by atoms with van der Waals surface area (Å²) in [5.74, 6) is -1.26. The summed E-state index contributed by atoms with van der Waals surface area (Å²) in [7, 11) is 0. The number of hydrogen-bond acceptors (Lipinski definition) is 3. The van der Waals surface area contributed by atoms with Gasteiger partial charge in [-0.2, -0.15) is 0 Å². The molecule has 0 saturated heterocycles.